The third-order valence-electron chi connectivity index (χ3n) is 2.59. The smallest absolute Gasteiger partial charge is 0.234 e. The number of benzene rings is 1. The van der Waals surface area contributed by atoms with E-state index in [4.69, 9.17) is 5.73 Å². The Labute approximate surface area is 117 Å². The Bertz CT molecular complexity index is 619. The number of rotatable bonds is 2. The Hall–Kier alpha value is -2.50. The lowest BCUT2D eigenvalue weighted by Crippen LogP contribution is -2.28. The molecule has 104 valence electrons. The summed E-state index contributed by atoms with van der Waals surface area (Å²) in [7, 11) is 0. The Balaban J connectivity index is 2.33. The number of amides is 1. The fourth-order valence-electron chi connectivity index (χ4n) is 1.45. The van der Waals surface area contributed by atoms with Crippen molar-refractivity contribution < 1.29 is 4.79 Å². The maximum atomic E-state index is 11.9. The molecule has 0 aliphatic carbocycles. The Morgan fingerprint density at radius 2 is 1.75 bits per heavy atom. The lowest BCUT2D eigenvalue weighted by Gasteiger charge is -2.16. The van der Waals surface area contributed by atoms with E-state index >= 15 is 0 Å². The van der Waals surface area contributed by atoms with Crippen molar-refractivity contribution in [1.29, 1.82) is 0 Å². The summed E-state index contributed by atoms with van der Waals surface area (Å²) in [5.41, 5.74) is 5.95. The van der Waals surface area contributed by atoms with Gasteiger partial charge < -0.3 is 5.73 Å². The molecule has 20 heavy (non-hydrogen) atoms. The van der Waals surface area contributed by atoms with Crippen molar-refractivity contribution in [1.82, 2.24) is 15.0 Å². The fourth-order valence-corrected chi connectivity index (χ4v) is 1.45. The van der Waals surface area contributed by atoms with E-state index in [2.05, 4.69) is 20.3 Å². The monoisotopic (exact) mass is 271 g/mol. The summed E-state index contributed by atoms with van der Waals surface area (Å²) in [5.74, 6) is 0.490. The van der Waals surface area contributed by atoms with Crippen molar-refractivity contribution >= 4 is 17.8 Å². The van der Waals surface area contributed by atoms with Gasteiger partial charge in [-0.3, -0.25) is 10.1 Å². The molecular weight excluding hydrogens is 254 g/mol. The molecule has 0 saturated carbocycles. The highest BCUT2D eigenvalue weighted by atomic mass is 16.2. The predicted molar refractivity (Wildman–Crippen MR) is 77.8 cm³/mol. The van der Waals surface area contributed by atoms with Gasteiger partial charge in [0.2, 0.25) is 17.8 Å². The second kappa shape index (κ2) is 5.24. The average molecular weight is 271 g/mol. The first kappa shape index (κ1) is 13.9. The number of carbonyl (C=O) groups excluding carboxylic acids is 1. The van der Waals surface area contributed by atoms with Crippen LogP contribution in [0.1, 0.15) is 20.8 Å². The van der Waals surface area contributed by atoms with Crippen LogP contribution in [0.4, 0.5) is 11.9 Å². The van der Waals surface area contributed by atoms with Gasteiger partial charge in [0.1, 0.15) is 0 Å². The van der Waals surface area contributed by atoms with Gasteiger partial charge in [-0.2, -0.15) is 15.0 Å². The van der Waals surface area contributed by atoms with E-state index in [-0.39, 0.29) is 17.8 Å². The number of nitrogen functional groups attached to an aromatic ring is 1. The van der Waals surface area contributed by atoms with Crippen LogP contribution >= 0.6 is 0 Å². The molecule has 0 atom stereocenters. The van der Waals surface area contributed by atoms with Gasteiger partial charge in [-0.05, 0) is 0 Å². The Morgan fingerprint density at radius 3 is 2.35 bits per heavy atom. The van der Waals surface area contributed by atoms with Crippen LogP contribution in [-0.4, -0.2) is 20.9 Å². The molecule has 1 heterocycles. The molecular formula is C14H17N5O. The van der Waals surface area contributed by atoms with Crippen molar-refractivity contribution in [3.63, 3.8) is 0 Å². The maximum Gasteiger partial charge on any atom is 0.234 e. The quantitative estimate of drug-likeness (QED) is 0.872. The third kappa shape index (κ3) is 3.28. The number of aromatic nitrogens is 3. The van der Waals surface area contributed by atoms with Gasteiger partial charge in [-0.15, -0.1) is 0 Å². The van der Waals surface area contributed by atoms with E-state index in [1.54, 1.807) is 0 Å². The fraction of sp³-hybridized carbons (Fsp3) is 0.286. The summed E-state index contributed by atoms with van der Waals surface area (Å²) in [6, 6.07) is 9.38. The molecule has 0 fully saturated rings. The third-order valence-corrected chi connectivity index (χ3v) is 2.59. The zero-order valence-corrected chi connectivity index (χ0v) is 11.7. The highest BCUT2D eigenvalue weighted by Gasteiger charge is 2.22. The van der Waals surface area contributed by atoms with E-state index in [0.717, 1.165) is 5.56 Å². The summed E-state index contributed by atoms with van der Waals surface area (Å²) in [5, 5.41) is 2.65. The van der Waals surface area contributed by atoms with Gasteiger partial charge in [-0.25, -0.2) is 0 Å². The molecule has 2 aromatic rings. The molecule has 0 unspecified atom stereocenters. The van der Waals surface area contributed by atoms with Crippen molar-refractivity contribution in [3.8, 4) is 11.4 Å². The van der Waals surface area contributed by atoms with Crippen molar-refractivity contribution in [2.75, 3.05) is 11.1 Å². The molecule has 6 heteroatoms. The van der Waals surface area contributed by atoms with Gasteiger partial charge in [0.15, 0.2) is 5.82 Å². The van der Waals surface area contributed by atoms with Crippen LogP contribution in [0, 0.1) is 5.41 Å². The number of carbonyl (C=O) groups is 1. The first-order chi connectivity index (χ1) is 9.36. The normalized spacial score (nSPS) is 11.2. The second-order valence-electron chi connectivity index (χ2n) is 5.41. The largest absolute Gasteiger partial charge is 0.368 e. The Kier molecular flexibility index (Phi) is 3.65. The number of hydrogen-bond acceptors (Lipinski definition) is 5. The number of nitrogens with one attached hydrogen (secondary N) is 1. The summed E-state index contributed by atoms with van der Waals surface area (Å²) < 4.78 is 0. The van der Waals surface area contributed by atoms with Gasteiger partial charge in [-0.1, -0.05) is 51.1 Å². The summed E-state index contributed by atoms with van der Waals surface area (Å²) >= 11 is 0. The van der Waals surface area contributed by atoms with E-state index in [0.29, 0.717) is 5.82 Å². The number of nitrogens with zero attached hydrogens (tertiary/aromatic N) is 3. The van der Waals surface area contributed by atoms with Gasteiger partial charge in [0.05, 0.1) is 0 Å². The molecule has 0 aliphatic heterocycles. The lowest BCUT2D eigenvalue weighted by molar-refractivity contribution is -0.123. The van der Waals surface area contributed by atoms with Crippen LogP contribution in [0.2, 0.25) is 0 Å². The van der Waals surface area contributed by atoms with Gasteiger partial charge in [0, 0.05) is 11.0 Å². The first-order valence-corrected chi connectivity index (χ1v) is 6.25. The molecule has 1 amide bonds. The van der Waals surface area contributed by atoms with Crippen molar-refractivity contribution in [2.45, 2.75) is 20.8 Å². The van der Waals surface area contributed by atoms with Gasteiger partial charge in [0.25, 0.3) is 0 Å². The zero-order chi connectivity index (χ0) is 14.8. The van der Waals surface area contributed by atoms with Gasteiger partial charge >= 0.3 is 0 Å². The van der Waals surface area contributed by atoms with Crippen molar-refractivity contribution in [3.05, 3.63) is 30.3 Å². The van der Waals surface area contributed by atoms with E-state index in [1.165, 1.54) is 0 Å². The summed E-state index contributed by atoms with van der Waals surface area (Å²) in [6.07, 6.45) is 0. The molecule has 1 aromatic carbocycles. The molecule has 2 rings (SSSR count). The highest BCUT2D eigenvalue weighted by Crippen LogP contribution is 2.19. The topological polar surface area (TPSA) is 93.8 Å². The standard InChI is InChI=1S/C14H17N5O/c1-14(2,3)11(20)18-13-17-10(16-12(15)19-13)9-7-5-4-6-8-9/h4-8H,1-3H3,(H3,15,16,17,18,19,20). The number of hydrogen-bond donors (Lipinski definition) is 2. The first-order valence-electron chi connectivity index (χ1n) is 6.25. The molecule has 0 aliphatic rings. The molecule has 0 saturated heterocycles. The summed E-state index contributed by atoms with van der Waals surface area (Å²) in [6.45, 7) is 5.43. The van der Waals surface area contributed by atoms with Crippen LogP contribution in [-0.2, 0) is 4.79 Å². The molecule has 6 nitrogen and oxygen atoms in total. The summed E-state index contributed by atoms with van der Waals surface area (Å²) in [4.78, 5) is 24.2. The van der Waals surface area contributed by atoms with E-state index in [1.807, 2.05) is 51.1 Å². The Morgan fingerprint density at radius 1 is 1.10 bits per heavy atom. The minimum Gasteiger partial charge on any atom is -0.368 e. The SMILES string of the molecule is CC(C)(C)C(=O)Nc1nc(N)nc(-c2ccccc2)n1. The number of nitrogens with two attached hydrogens (primary N) is 1. The van der Waals surface area contributed by atoms with Crippen LogP contribution in [0.25, 0.3) is 11.4 Å². The zero-order valence-electron chi connectivity index (χ0n) is 11.7. The molecule has 3 N–H and O–H groups in total. The minimum atomic E-state index is -0.533. The van der Waals surface area contributed by atoms with Crippen LogP contribution < -0.4 is 11.1 Å². The number of anilines is 2. The van der Waals surface area contributed by atoms with E-state index in [9.17, 15) is 4.79 Å². The molecule has 1 aromatic heterocycles. The van der Waals surface area contributed by atoms with E-state index < -0.39 is 5.41 Å². The highest BCUT2D eigenvalue weighted by molar-refractivity contribution is 5.93. The van der Waals surface area contributed by atoms with Crippen molar-refractivity contribution in [2.24, 2.45) is 5.41 Å². The predicted octanol–water partition coefficient (Wildman–Crippen LogP) is 2.11. The lowest BCUT2D eigenvalue weighted by atomic mass is 9.96. The average Bonchev–Trinajstić information content (AvgIpc) is 2.38. The molecule has 0 radical (unpaired) electrons. The second-order valence-corrected chi connectivity index (χ2v) is 5.41. The van der Waals surface area contributed by atoms with Crippen LogP contribution in [0.15, 0.2) is 30.3 Å². The minimum absolute atomic E-state index is 0.0723. The molecule has 0 spiro atoms. The van der Waals surface area contributed by atoms with Crippen LogP contribution in [0.5, 0.6) is 0 Å². The maximum absolute atomic E-state index is 11.9. The van der Waals surface area contributed by atoms with Crippen LogP contribution in [0.3, 0.4) is 0 Å². The molecule has 0 bridgehead atoms.